The van der Waals surface area contributed by atoms with Gasteiger partial charge in [-0.05, 0) is 67.0 Å². The van der Waals surface area contributed by atoms with Crippen molar-refractivity contribution in [3.63, 3.8) is 0 Å². The number of aromatic nitrogens is 2. The van der Waals surface area contributed by atoms with Gasteiger partial charge in [0.15, 0.2) is 0 Å². The minimum atomic E-state index is -0.688. The molecule has 0 aliphatic rings. The summed E-state index contributed by atoms with van der Waals surface area (Å²) < 4.78 is 2.65. The van der Waals surface area contributed by atoms with Crippen LogP contribution in [0.2, 0.25) is 0 Å². The number of carbonyl (C=O) groups is 2. The van der Waals surface area contributed by atoms with Crippen molar-refractivity contribution in [2.45, 2.75) is 26.8 Å². The summed E-state index contributed by atoms with van der Waals surface area (Å²) in [6.07, 6.45) is 0. The molecule has 0 aliphatic heterocycles. The van der Waals surface area contributed by atoms with Crippen molar-refractivity contribution in [3.05, 3.63) is 62.5 Å². The van der Waals surface area contributed by atoms with Crippen LogP contribution in [0, 0.1) is 13.8 Å². The van der Waals surface area contributed by atoms with Gasteiger partial charge < -0.3 is 10.6 Å². The third kappa shape index (κ3) is 4.45. The molecule has 0 saturated heterocycles. The highest BCUT2D eigenvalue weighted by atomic mass is 79.9. The molecule has 0 fully saturated rings. The van der Waals surface area contributed by atoms with Gasteiger partial charge in [-0.2, -0.15) is 5.10 Å². The monoisotopic (exact) mass is 446 g/mol. The molecule has 27 heavy (non-hydrogen) atoms. The van der Waals surface area contributed by atoms with Gasteiger partial charge in [0.25, 0.3) is 5.91 Å². The highest BCUT2D eigenvalue weighted by Gasteiger charge is 2.19. The highest BCUT2D eigenvalue weighted by Crippen LogP contribution is 2.23. The standard InChI is InChI=1S/C19H19BrN4O2S/c1-11-10-12(2)24(23-11)15-7-5-4-6-14(15)22-18(25)13(3)21-19(26)16-8-9-17(20)27-16/h4-10,13H,1-3H3,(H,21,26)(H,22,25). The van der Waals surface area contributed by atoms with Gasteiger partial charge in [-0.1, -0.05) is 12.1 Å². The third-order valence-electron chi connectivity index (χ3n) is 3.94. The molecule has 0 radical (unpaired) electrons. The number of benzene rings is 1. The molecule has 2 N–H and O–H groups in total. The fourth-order valence-corrected chi connectivity index (χ4v) is 3.94. The van der Waals surface area contributed by atoms with Crippen molar-refractivity contribution >= 4 is 44.8 Å². The lowest BCUT2D eigenvalue weighted by molar-refractivity contribution is -0.117. The van der Waals surface area contributed by atoms with E-state index in [4.69, 9.17) is 0 Å². The van der Waals surface area contributed by atoms with Crippen LogP contribution in [0.4, 0.5) is 5.69 Å². The number of anilines is 1. The number of hydrogen-bond acceptors (Lipinski definition) is 4. The van der Waals surface area contributed by atoms with Crippen molar-refractivity contribution in [3.8, 4) is 5.69 Å². The Labute approximate surface area is 169 Å². The van der Waals surface area contributed by atoms with Crippen molar-refractivity contribution in [2.24, 2.45) is 0 Å². The lowest BCUT2D eigenvalue weighted by atomic mass is 10.2. The van der Waals surface area contributed by atoms with E-state index >= 15 is 0 Å². The van der Waals surface area contributed by atoms with Gasteiger partial charge in [0.1, 0.15) is 6.04 Å². The molecule has 140 valence electrons. The molecule has 2 heterocycles. The fourth-order valence-electron chi connectivity index (χ4n) is 2.65. The number of rotatable bonds is 5. The first kappa shape index (κ1) is 19.3. The van der Waals surface area contributed by atoms with Crippen LogP contribution in [0.1, 0.15) is 28.0 Å². The van der Waals surface area contributed by atoms with E-state index in [0.29, 0.717) is 10.6 Å². The Morgan fingerprint density at radius 3 is 2.56 bits per heavy atom. The van der Waals surface area contributed by atoms with Gasteiger partial charge in [0, 0.05) is 5.69 Å². The van der Waals surface area contributed by atoms with E-state index in [1.54, 1.807) is 23.7 Å². The summed E-state index contributed by atoms with van der Waals surface area (Å²) in [7, 11) is 0. The summed E-state index contributed by atoms with van der Waals surface area (Å²) in [5, 5.41) is 10.1. The molecule has 8 heteroatoms. The van der Waals surface area contributed by atoms with E-state index in [1.807, 2.05) is 44.2 Å². The van der Waals surface area contributed by atoms with E-state index in [0.717, 1.165) is 20.9 Å². The summed E-state index contributed by atoms with van der Waals surface area (Å²) in [5.41, 5.74) is 3.28. The van der Waals surface area contributed by atoms with E-state index in [-0.39, 0.29) is 11.8 Å². The van der Waals surface area contributed by atoms with Crippen LogP contribution in [0.15, 0.2) is 46.3 Å². The number of amides is 2. The Kier molecular flexibility index (Phi) is 5.76. The molecular formula is C19H19BrN4O2S. The van der Waals surface area contributed by atoms with Gasteiger partial charge in [0.2, 0.25) is 5.91 Å². The molecule has 0 saturated carbocycles. The first-order valence-electron chi connectivity index (χ1n) is 8.35. The maximum atomic E-state index is 12.6. The topological polar surface area (TPSA) is 76.0 Å². The van der Waals surface area contributed by atoms with Crippen molar-refractivity contribution in [1.29, 1.82) is 0 Å². The fraction of sp³-hybridized carbons (Fsp3) is 0.211. The van der Waals surface area contributed by atoms with Crippen molar-refractivity contribution in [2.75, 3.05) is 5.32 Å². The molecule has 2 amide bonds. The predicted octanol–water partition coefficient (Wildman–Crippen LogP) is 4.07. The van der Waals surface area contributed by atoms with Crippen LogP contribution in [0.5, 0.6) is 0 Å². The van der Waals surface area contributed by atoms with Crippen LogP contribution >= 0.6 is 27.3 Å². The van der Waals surface area contributed by atoms with E-state index < -0.39 is 6.04 Å². The SMILES string of the molecule is Cc1cc(C)n(-c2ccccc2NC(=O)C(C)NC(=O)c2ccc(Br)s2)n1. The number of carbonyl (C=O) groups excluding carboxylic acids is 2. The maximum absolute atomic E-state index is 12.6. The Bertz CT molecular complexity index is 995. The Hall–Kier alpha value is -2.45. The number of thiophene rings is 1. The number of halogens is 1. The second-order valence-corrected chi connectivity index (χ2v) is 8.61. The molecular weight excluding hydrogens is 428 g/mol. The lowest BCUT2D eigenvalue weighted by Gasteiger charge is -2.16. The number of aryl methyl sites for hydroxylation is 2. The quantitative estimate of drug-likeness (QED) is 0.619. The van der Waals surface area contributed by atoms with E-state index in [1.165, 1.54) is 11.3 Å². The normalized spacial score (nSPS) is 11.9. The number of para-hydroxylation sites is 2. The molecule has 1 unspecified atom stereocenters. The summed E-state index contributed by atoms with van der Waals surface area (Å²) in [5.74, 6) is -0.576. The second kappa shape index (κ2) is 8.06. The molecule has 1 atom stereocenters. The lowest BCUT2D eigenvalue weighted by Crippen LogP contribution is -2.41. The van der Waals surface area contributed by atoms with Crippen LogP contribution < -0.4 is 10.6 Å². The third-order valence-corrected chi connectivity index (χ3v) is 5.56. The minimum Gasteiger partial charge on any atom is -0.340 e. The molecule has 3 aromatic rings. The Morgan fingerprint density at radius 2 is 1.93 bits per heavy atom. The Balaban J connectivity index is 1.74. The molecule has 0 aliphatic carbocycles. The first-order valence-corrected chi connectivity index (χ1v) is 9.96. The van der Waals surface area contributed by atoms with Gasteiger partial charge in [-0.25, -0.2) is 4.68 Å². The summed E-state index contributed by atoms with van der Waals surface area (Å²) in [6.45, 7) is 5.54. The maximum Gasteiger partial charge on any atom is 0.262 e. The smallest absolute Gasteiger partial charge is 0.262 e. The van der Waals surface area contributed by atoms with Crippen LogP contribution in [0.3, 0.4) is 0 Å². The zero-order chi connectivity index (χ0) is 19.6. The summed E-state index contributed by atoms with van der Waals surface area (Å²) in [6, 6.07) is 12.2. The van der Waals surface area contributed by atoms with E-state index in [9.17, 15) is 9.59 Å². The highest BCUT2D eigenvalue weighted by molar-refractivity contribution is 9.11. The number of nitrogens with zero attached hydrogens (tertiary/aromatic N) is 2. The van der Waals surface area contributed by atoms with Gasteiger partial charge >= 0.3 is 0 Å². The average molecular weight is 447 g/mol. The molecule has 6 nitrogen and oxygen atoms in total. The largest absolute Gasteiger partial charge is 0.340 e. The van der Waals surface area contributed by atoms with Crippen molar-refractivity contribution in [1.82, 2.24) is 15.1 Å². The van der Waals surface area contributed by atoms with Crippen LogP contribution in [0.25, 0.3) is 5.69 Å². The molecule has 2 aromatic heterocycles. The molecule has 1 aromatic carbocycles. The van der Waals surface area contributed by atoms with Crippen LogP contribution in [-0.2, 0) is 4.79 Å². The summed E-state index contributed by atoms with van der Waals surface area (Å²) >= 11 is 4.65. The Morgan fingerprint density at radius 1 is 1.19 bits per heavy atom. The second-order valence-electron chi connectivity index (χ2n) is 6.14. The molecule has 3 rings (SSSR count). The van der Waals surface area contributed by atoms with Gasteiger partial charge in [-0.3, -0.25) is 9.59 Å². The van der Waals surface area contributed by atoms with Crippen LogP contribution in [-0.4, -0.2) is 27.6 Å². The summed E-state index contributed by atoms with van der Waals surface area (Å²) in [4.78, 5) is 25.4. The predicted molar refractivity (Wildman–Crippen MR) is 111 cm³/mol. The minimum absolute atomic E-state index is 0.278. The number of nitrogens with one attached hydrogen (secondary N) is 2. The molecule has 0 spiro atoms. The van der Waals surface area contributed by atoms with Crippen molar-refractivity contribution < 1.29 is 9.59 Å². The van der Waals surface area contributed by atoms with Gasteiger partial charge in [0.05, 0.1) is 25.7 Å². The zero-order valence-electron chi connectivity index (χ0n) is 15.1. The average Bonchev–Trinajstić information content (AvgIpc) is 3.20. The van der Waals surface area contributed by atoms with E-state index in [2.05, 4.69) is 31.7 Å². The zero-order valence-corrected chi connectivity index (χ0v) is 17.5. The molecule has 0 bridgehead atoms. The van der Waals surface area contributed by atoms with Gasteiger partial charge in [-0.15, -0.1) is 11.3 Å². The first-order chi connectivity index (χ1) is 12.8. The number of hydrogen-bond donors (Lipinski definition) is 2.